The Balaban J connectivity index is 0.000000214. The molecule has 0 bridgehead atoms. The van der Waals surface area contributed by atoms with E-state index in [1.54, 1.807) is 0 Å². The van der Waals surface area contributed by atoms with Crippen LogP contribution in [0.4, 0.5) is 0 Å². The number of aromatic nitrogens is 2. The van der Waals surface area contributed by atoms with Crippen LogP contribution >= 0.6 is 11.6 Å². The summed E-state index contributed by atoms with van der Waals surface area (Å²) in [5.74, 6) is 0.419. The third kappa shape index (κ3) is 5.99. The molecule has 0 amide bonds. The predicted octanol–water partition coefficient (Wildman–Crippen LogP) is 7.05. The molecule has 1 aliphatic carbocycles. The molecule has 190 valence electrons. The van der Waals surface area contributed by atoms with Gasteiger partial charge in [-0.05, 0) is 68.5 Å². The molecule has 5 rings (SSSR count). The van der Waals surface area contributed by atoms with E-state index in [0.717, 1.165) is 66.0 Å². The lowest BCUT2D eigenvalue weighted by molar-refractivity contribution is 0.183. The van der Waals surface area contributed by atoms with Gasteiger partial charge in [0, 0.05) is 60.8 Å². The van der Waals surface area contributed by atoms with E-state index in [2.05, 4.69) is 67.0 Å². The second kappa shape index (κ2) is 12.0. The van der Waals surface area contributed by atoms with Crippen LogP contribution in [0.1, 0.15) is 60.2 Å². The fraction of sp³-hybridized carbons (Fsp3) is 0.419. The van der Waals surface area contributed by atoms with Crippen molar-refractivity contribution in [3.8, 4) is 0 Å². The molecule has 1 saturated heterocycles. The zero-order chi connectivity index (χ0) is 25.7. The molecule has 36 heavy (non-hydrogen) atoms. The van der Waals surface area contributed by atoms with Gasteiger partial charge in [-0.2, -0.15) is 0 Å². The van der Waals surface area contributed by atoms with E-state index in [9.17, 15) is 0 Å². The molecule has 0 radical (unpaired) electrons. The molecule has 4 nitrogen and oxygen atoms in total. The topological polar surface area (TPSA) is 32.3 Å². The summed E-state index contributed by atoms with van der Waals surface area (Å²) in [5, 5.41) is 1.90. The molecule has 0 saturated carbocycles. The molecule has 1 atom stereocenters. The van der Waals surface area contributed by atoms with Gasteiger partial charge in [0.25, 0.3) is 0 Å². The van der Waals surface area contributed by atoms with Crippen molar-refractivity contribution in [1.29, 1.82) is 0 Å². The molecule has 1 unspecified atom stereocenters. The summed E-state index contributed by atoms with van der Waals surface area (Å²) < 4.78 is 0. The lowest BCUT2D eigenvalue weighted by Gasteiger charge is -2.35. The first-order valence-corrected chi connectivity index (χ1v) is 13.5. The van der Waals surface area contributed by atoms with Crippen molar-refractivity contribution in [2.45, 2.75) is 51.9 Å². The van der Waals surface area contributed by atoms with E-state index < -0.39 is 0 Å². The van der Waals surface area contributed by atoms with Crippen LogP contribution in [0.2, 0.25) is 5.02 Å². The minimum Gasteiger partial charge on any atom is -0.373 e. The van der Waals surface area contributed by atoms with Crippen LogP contribution in [0, 0.1) is 6.92 Å². The largest absolute Gasteiger partial charge is 0.373 e. The van der Waals surface area contributed by atoms with Crippen LogP contribution in [-0.2, 0) is 12.8 Å². The molecular formula is C31H39ClN4. The Bertz CT molecular complexity index is 1230. The highest BCUT2D eigenvalue weighted by molar-refractivity contribution is 6.36. The van der Waals surface area contributed by atoms with Crippen molar-refractivity contribution < 1.29 is 0 Å². The normalized spacial score (nSPS) is 17.8. The van der Waals surface area contributed by atoms with Gasteiger partial charge >= 0.3 is 0 Å². The molecule has 1 aromatic carbocycles. The fourth-order valence-electron chi connectivity index (χ4n) is 5.26. The monoisotopic (exact) mass is 502 g/mol. The van der Waals surface area contributed by atoms with E-state index in [-0.39, 0.29) is 0 Å². The lowest BCUT2D eigenvalue weighted by Crippen LogP contribution is -2.43. The maximum Gasteiger partial charge on any atom is 0.0726 e. The van der Waals surface area contributed by atoms with Crippen LogP contribution in [0.25, 0.3) is 17.0 Å². The van der Waals surface area contributed by atoms with Crippen LogP contribution in [0.5, 0.6) is 0 Å². The number of aryl methyl sites for hydroxylation is 1. The Morgan fingerprint density at radius 2 is 1.97 bits per heavy atom. The van der Waals surface area contributed by atoms with Gasteiger partial charge in [0.05, 0.1) is 10.5 Å². The maximum atomic E-state index is 6.70. The molecular weight excluding hydrogens is 464 g/mol. The van der Waals surface area contributed by atoms with Gasteiger partial charge in [0.2, 0.25) is 0 Å². The first-order chi connectivity index (χ1) is 17.4. The van der Waals surface area contributed by atoms with Crippen LogP contribution in [0.3, 0.4) is 0 Å². The molecule has 0 N–H and O–H groups in total. The standard InChI is InChI=1S/C21H19ClN2.C10H20N2/c1-3-14-6-8-16-18(11-14)24-19-12-15(7-9-17(19)20(16)22)21-13(2)5-4-10-23-21;1-4-5-10(2)12-8-6-11(3)7-9-12/h3-6,8,10-11,15H,1,7,9,12H2,2H3;2,4-9H2,1,3H3. The third-order valence-electron chi connectivity index (χ3n) is 7.47. The van der Waals surface area contributed by atoms with Crippen molar-refractivity contribution in [3.63, 3.8) is 0 Å². The summed E-state index contributed by atoms with van der Waals surface area (Å²) in [4.78, 5) is 14.3. The number of allylic oxidation sites excluding steroid dienone is 1. The van der Waals surface area contributed by atoms with Gasteiger partial charge < -0.3 is 9.80 Å². The molecule has 3 heterocycles. The van der Waals surface area contributed by atoms with Crippen molar-refractivity contribution in [1.82, 2.24) is 19.8 Å². The quantitative estimate of drug-likeness (QED) is 0.374. The molecule has 1 aliphatic heterocycles. The summed E-state index contributed by atoms with van der Waals surface area (Å²) in [6.07, 6.45) is 9.03. The smallest absolute Gasteiger partial charge is 0.0726 e. The minimum atomic E-state index is 0.419. The zero-order valence-electron chi connectivity index (χ0n) is 22.1. The minimum absolute atomic E-state index is 0.419. The van der Waals surface area contributed by atoms with Crippen LogP contribution in [0.15, 0.2) is 55.4 Å². The summed E-state index contributed by atoms with van der Waals surface area (Å²) in [5.41, 5.74) is 8.13. The summed E-state index contributed by atoms with van der Waals surface area (Å²) in [6, 6.07) is 10.3. The number of benzene rings is 1. The van der Waals surface area contributed by atoms with Crippen molar-refractivity contribution in [2.24, 2.45) is 0 Å². The second-order valence-corrected chi connectivity index (χ2v) is 10.5. The molecule has 0 spiro atoms. The van der Waals surface area contributed by atoms with Crippen LogP contribution in [-0.4, -0.2) is 53.0 Å². The van der Waals surface area contributed by atoms with Gasteiger partial charge in [-0.3, -0.25) is 9.97 Å². The summed E-state index contributed by atoms with van der Waals surface area (Å²) >= 11 is 6.70. The van der Waals surface area contributed by atoms with E-state index >= 15 is 0 Å². The SMILES string of the molecule is C=C(CCC)N1CCN(C)CC1.C=Cc1ccc2c(Cl)c3c(nc2c1)CC(c1ncccc1C)CC3. The van der Waals surface area contributed by atoms with Gasteiger partial charge in [-0.15, -0.1) is 0 Å². The van der Waals surface area contributed by atoms with E-state index in [4.69, 9.17) is 16.6 Å². The summed E-state index contributed by atoms with van der Waals surface area (Å²) in [7, 11) is 2.18. The highest BCUT2D eigenvalue weighted by Gasteiger charge is 2.26. The highest BCUT2D eigenvalue weighted by atomic mass is 35.5. The number of nitrogens with zero attached hydrogens (tertiary/aromatic N) is 4. The number of fused-ring (bicyclic) bond motifs is 2. The van der Waals surface area contributed by atoms with E-state index in [1.165, 1.54) is 42.0 Å². The zero-order valence-corrected chi connectivity index (χ0v) is 22.8. The highest BCUT2D eigenvalue weighted by Crippen LogP contribution is 2.38. The number of piperazine rings is 1. The van der Waals surface area contributed by atoms with Crippen molar-refractivity contribution in [2.75, 3.05) is 33.2 Å². The van der Waals surface area contributed by atoms with Gasteiger partial charge in [0.15, 0.2) is 0 Å². The van der Waals surface area contributed by atoms with E-state index in [0.29, 0.717) is 5.92 Å². The third-order valence-corrected chi connectivity index (χ3v) is 7.90. The Labute approximate surface area is 221 Å². The number of rotatable bonds is 5. The van der Waals surface area contributed by atoms with Crippen molar-refractivity contribution in [3.05, 3.63) is 88.5 Å². The van der Waals surface area contributed by atoms with Gasteiger partial charge in [-0.25, -0.2) is 0 Å². The molecule has 3 aromatic rings. The number of hydrogen-bond donors (Lipinski definition) is 0. The first kappa shape index (κ1) is 26.4. The average Bonchev–Trinajstić information content (AvgIpc) is 2.89. The summed E-state index contributed by atoms with van der Waals surface area (Å²) in [6.45, 7) is 17.0. The second-order valence-electron chi connectivity index (χ2n) is 10.1. The van der Waals surface area contributed by atoms with Crippen molar-refractivity contribution >= 4 is 28.6 Å². The van der Waals surface area contributed by atoms with Crippen LogP contribution < -0.4 is 0 Å². The van der Waals surface area contributed by atoms with Gasteiger partial charge in [-0.1, -0.05) is 62.4 Å². The number of hydrogen-bond acceptors (Lipinski definition) is 4. The molecule has 2 aromatic heterocycles. The Kier molecular flexibility index (Phi) is 8.81. The fourth-order valence-corrected chi connectivity index (χ4v) is 5.62. The number of halogens is 1. The number of pyridine rings is 2. The number of likely N-dealkylation sites (N-methyl/N-ethyl adjacent to an activating group) is 1. The first-order valence-electron chi connectivity index (χ1n) is 13.2. The maximum absolute atomic E-state index is 6.70. The average molecular weight is 503 g/mol. The Morgan fingerprint density at radius 1 is 1.19 bits per heavy atom. The van der Waals surface area contributed by atoms with E-state index in [1.807, 2.05) is 24.4 Å². The molecule has 5 heteroatoms. The Hall–Kier alpha value is -2.69. The lowest BCUT2D eigenvalue weighted by atomic mass is 9.83. The molecule has 1 fully saturated rings. The predicted molar refractivity (Wildman–Crippen MR) is 154 cm³/mol. The molecule has 2 aliphatic rings. The van der Waals surface area contributed by atoms with Gasteiger partial charge in [0.1, 0.15) is 0 Å². The Morgan fingerprint density at radius 3 is 2.67 bits per heavy atom.